The van der Waals surface area contributed by atoms with Gasteiger partial charge in [-0.3, -0.25) is 0 Å². The van der Waals surface area contributed by atoms with Gasteiger partial charge in [0.25, 0.3) is 0 Å². The molecule has 1 aromatic rings. The van der Waals surface area contributed by atoms with Gasteiger partial charge in [0, 0.05) is 6.04 Å². The van der Waals surface area contributed by atoms with Crippen molar-refractivity contribution in [3.8, 4) is 0 Å². The standard InChI is InChI=1S/C11H15N/c1-7-3-10-6-11(10)5-9(7)4-8(2)12/h3,5,8H,4,6,12H2,1-2H3. The van der Waals surface area contributed by atoms with Gasteiger partial charge in [-0.15, -0.1) is 0 Å². The van der Waals surface area contributed by atoms with E-state index in [1.165, 1.54) is 28.7 Å². The third-order valence-electron chi connectivity index (χ3n) is 2.46. The molecule has 12 heavy (non-hydrogen) atoms. The highest BCUT2D eigenvalue weighted by Gasteiger charge is 2.18. The number of rotatable bonds is 2. The molecule has 2 rings (SSSR count). The first-order valence-corrected chi connectivity index (χ1v) is 4.53. The molecule has 0 bridgehead atoms. The maximum atomic E-state index is 5.76. The van der Waals surface area contributed by atoms with Crippen molar-refractivity contribution in [1.29, 1.82) is 0 Å². The second-order valence-corrected chi connectivity index (χ2v) is 3.91. The molecule has 0 amide bonds. The SMILES string of the molecule is Cc1cc2c(cc1CC(C)N)C2. The highest BCUT2D eigenvalue weighted by molar-refractivity contribution is 5.50. The van der Waals surface area contributed by atoms with Crippen LogP contribution in [0.4, 0.5) is 0 Å². The summed E-state index contributed by atoms with van der Waals surface area (Å²) in [7, 11) is 0. The molecular formula is C11H15N. The maximum absolute atomic E-state index is 5.76. The molecular weight excluding hydrogens is 146 g/mol. The number of hydrogen-bond acceptors (Lipinski definition) is 1. The normalized spacial score (nSPS) is 15.6. The van der Waals surface area contributed by atoms with E-state index in [9.17, 15) is 0 Å². The maximum Gasteiger partial charge on any atom is 0.00510 e. The Morgan fingerprint density at radius 3 is 2.75 bits per heavy atom. The zero-order valence-corrected chi connectivity index (χ0v) is 7.72. The predicted molar refractivity (Wildman–Crippen MR) is 51.3 cm³/mol. The first-order chi connectivity index (χ1) is 5.66. The fourth-order valence-corrected chi connectivity index (χ4v) is 1.69. The van der Waals surface area contributed by atoms with Gasteiger partial charge in [-0.2, -0.15) is 0 Å². The van der Waals surface area contributed by atoms with Crippen molar-refractivity contribution in [2.24, 2.45) is 5.73 Å². The van der Waals surface area contributed by atoms with Crippen LogP contribution >= 0.6 is 0 Å². The van der Waals surface area contributed by atoms with E-state index in [1.54, 1.807) is 0 Å². The Morgan fingerprint density at radius 1 is 1.42 bits per heavy atom. The van der Waals surface area contributed by atoms with Gasteiger partial charge in [-0.1, -0.05) is 12.1 Å². The van der Waals surface area contributed by atoms with E-state index in [4.69, 9.17) is 5.73 Å². The van der Waals surface area contributed by atoms with Crippen LogP contribution in [0.5, 0.6) is 0 Å². The highest BCUT2D eigenvalue weighted by Crippen LogP contribution is 2.30. The third-order valence-corrected chi connectivity index (χ3v) is 2.46. The molecule has 0 fully saturated rings. The van der Waals surface area contributed by atoms with Crippen LogP contribution in [-0.2, 0) is 12.8 Å². The van der Waals surface area contributed by atoms with Crippen molar-refractivity contribution in [2.75, 3.05) is 0 Å². The second-order valence-electron chi connectivity index (χ2n) is 3.91. The molecule has 64 valence electrons. The Bertz CT molecular complexity index is 313. The summed E-state index contributed by atoms with van der Waals surface area (Å²) in [6, 6.07) is 4.89. The lowest BCUT2D eigenvalue weighted by Gasteiger charge is -2.07. The zero-order chi connectivity index (χ0) is 8.72. The summed E-state index contributed by atoms with van der Waals surface area (Å²) in [5.74, 6) is 0. The van der Waals surface area contributed by atoms with E-state index in [0.29, 0.717) is 0 Å². The smallest absolute Gasteiger partial charge is 0.00510 e. The van der Waals surface area contributed by atoms with Crippen LogP contribution < -0.4 is 5.73 Å². The monoisotopic (exact) mass is 161 g/mol. The molecule has 0 radical (unpaired) electrons. The van der Waals surface area contributed by atoms with Crippen molar-refractivity contribution in [3.63, 3.8) is 0 Å². The Hall–Kier alpha value is -0.820. The molecule has 1 nitrogen and oxygen atoms in total. The molecule has 0 spiro atoms. The Labute approximate surface area is 73.6 Å². The first kappa shape index (κ1) is 7.81. The molecule has 1 aliphatic rings. The summed E-state index contributed by atoms with van der Waals surface area (Å²) in [6.07, 6.45) is 2.22. The predicted octanol–water partition coefficient (Wildman–Crippen LogP) is 1.79. The number of hydrogen-bond donors (Lipinski definition) is 1. The summed E-state index contributed by atoms with van der Waals surface area (Å²) >= 11 is 0. The minimum absolute atomic E-state index is 0.278. The summed E-state index contributed by atoms with van der Waals surface area (Å²) < 4.78 is 0. The molecule has 0 aliphatic heterocycles. The van der Waals surface area contributed by atoms with Gasteiger partial charge in [0.15, 0.2) is 0 Å². The van der Waals surface area contributed by atoms with Gasteiger partial charge < -0.3 is 5.73 Å². The minimum atomic E-state index is 0.278. The molecule has 0 saturated heterocycles. The summed E-state index contributed by atoms with van der Waals surface area (Å²) in [6.45, 7) is 4.24. The lowest BCUT2D eigenvalue weighted by Crippen LogP contribution is -2.18. The Balaban J connectivity index is 2.27. The van der Waals surface area contributed by atoms with Crippen molar-refractivity contribution in [2.45, 2.75) is 32.7 Å². The second kappa shape index (κ2) is 2.60. The fraction of sp³-hybridized carbons (Fsp3) is 0.455. The van der Waals surface area contributed by atoms with Gasteiger partial charge in [0.05, 0.1) is 0 Å². The van der Waals surface area contributed by atoms with Crippen LogP contribution in [0.1, 0.15) is 29.2 Å². The van der Waals surface area contributed by atoms with Gasteiger partial charge in [0.1, 0.15) is 0 Å². The minimum Gasteiger partial charge on any atom is -0.328 e. The molecule has 1 unspecified atom stereocenters. The largest absolute Gasteiger partial charge is 0.328 e. The average Bonchev–Trinajstić information content (AvgIpc) is 2.65. The zero-order valence-electron chi connectivity index (χ0n) is 7.72. The van der Waals surface area contributed by atoms with E-state index in [-0.39, 0.29) is 6.04 Å². The Morgan fingerprint density at radius 2 is 2.08 bits per heavy atom. The molecule has 1 aliphatic carbocycles. The van der Waals surface area contributed by atoms with Crippen LogP contribution in [0.25, 0.3) is 0 Å². The summed E-state index contributed by atoms with van der Waals surface area (Å²) in [5.41, 5.74) is 11.7. The molecule has 0 heterocycles. The lowest BCUT2D eigenvalue weighted by molar-refractivity contribution is 0.735. The average molecular weight is 161 g/mol. The molecule has 1 aromatic carbocycles. The fourth-order valence-electron chi connectivity index (χ4n) is 1.69. The van der Waals surface area contributed by atoms with E-state index in [1.807, 2.05) is 0 Å². The summed E-state index contributed by atoms with van der Waals surface area (Å²) in [5, 5.41) is 0. The molecule has 2 N–H and O–H groups in total. The first-order valence-electron chi connectivity index (χ1n) is 4.53. The molecule has 1 heteroatoms. The highest BCUT2D eigenvalue weighted by atomic mass is 14.6. The Kier molecular flexibility index (Phi) is 1.69. The van der Waals surface area contributed by atoms with Crippen LogP contribution in [0, 0.1) is 6.92 Å². The molecule has 0 saturated carbocycles. The molecule has 1 atom stereocenters. The number of nitrogens with two attached hydrogens (primary N) is 1. The van der Waals surface area contributed by atoms with Crippen molar-refractivity contribution in [3.05, 3.63) is 34.4 Å². The van der Waals surface area contributed by atoms with Crippen LogP contribution in [0.2, 0.25) is 0 Å². The van der Waals surface area contributed by atoms with E-state index in [2.05, 4.69) is 26.0 Å². The van der Waals surface area contributed by atoms with Crippen LogP contribution in [0.15, 0.2) is 12.1 Å². The van der Waals surface area contributed by atoms with Gasteiger partial charge >= 0.3 is 0 Å². The van der Waals surface area contributed by atoms with E-state index >= 15 is 0 Å². The van der Waals surface area contributed by atoms with Gasteiger partial charge in [-0.25, -0.2) is 0 Å². The lowest BCUT2D eigenvalue weighted by atomic mass is 10.0. The van der Waals surface area contributed by atoms with Gasteiger partial charge in [0.2, 0.25) is 0 Å². The van der Waals surface area contributed by atoms with E-state index < -0.39 is 0 Å². The third kappa shape index (κ3) is 1.37. The van der Waals surface area contributed by atoms with Crippen molar-refractivity contribution < 1.29 is 0 Å². The topological polar surface area (TPSA) is 26.0 Å². The van der Waals surface area contributed by atoms with E-state index in [0.717, 1.165) is 6.42 Å². The number of fused-ring (bicyclic) bond motifs is 1. The van der Waals surface area contributed by atoms with Crippen LogP contribution in [-0.4, -0.2) is 6.04 Å². The molecule has 0 aromatic heterocycles. The van der Waals surface area contributed by atoms with Gasteiger partial charge in [-0.05, 0) is 48.9 Å². The van der Waals surface area contributed by atoms with Crippen molar-refractivity contribution >= 4 is 0 Å². The number of benzene rings is 1. The van der Waals surface area contributed by atoms with Crippen molar-refractivity contribution in [1.82, 2.24) is 0 Å². The number of aryl methyl sites for hydroxylation is 1. The van der Waals surface area contributed by atoms with Crippen LogP contribution in [0.3, 0.4) is 0 Å². The summed E-state index contributed by atoms with van der Waals surface area (Å²) in [4.78, 5) is 0. The quantitative estimate of drug-likeness (QED) is 0.714.